The number of allylic oxidation sites excluding steroid dienone is 2. The van der Waals surface area contributed by atoms with Crippen LogP contribution in [0.3, 0.4) is 0 Å². The number of methoxy groups -OCH3 is 2. The number of rotatable bonds is 12. The van der Waals surface area contributed by atoms with Gasteiger partial charge in [-0.15, -0.1) is 0 Å². The van der Waals surface area contributed by atoms with Gasteiger partial charge in [0.15, 0.2) is 11.5 Å². The van der Waals surface area contributed by atoms with E-state index in [4.69, 9.17) is 18.3 Å². The number of carbonyl (C=O) groups excluding carboxylic acids is 2. The van der Waals surface area contributed by atoms with E-state index in [1.807, 2.05) is 36.4 Å². The molecule has 37 heavy (non-hydrogen) atoms. The summed E-state index contributed by atoms with van der Waals surface area (Å²) in [6, 6.07) is 18.2. The summed E-state index contributed by atoms with van der Waals surface area (Å²) in [5.74, 6) is 1.36. The Morgan fingerprint density at radius 2 is 1.19 bits per heavy atom. The van der Waals surface area contributed by atoms with E-state index >= 15 is 0 Å². The maximum atomic E-state index is 12.0. The second-order valence-electron chi connectivity index (χ2n) is 7.88. The molecule has 4 aromatic rings. The molecule has 2 heterocycles. The zero-order chi connectivity index (χ0) is 26.0. The maximum absolute atomic E-state index is 12.0. The van der Waals surface area contributed by atoms with Crippen molar-refractivity contribution in [1.82, 2.24) is 0 Å². The zero-order valence-electron chi connectivity index (χ0n) is 20.4. The molecule has 0 saturated carbocycles. The minimum atomic E-state index is -0.236. The van der Waals surface area contributed by atoms with Crippen LogP contribution in [0.4, 0.5) is 11.4 Å². The molecule has 0 atom stereocenters. The number of ketones is 2. The molecule has 0 unspecified atom stereocenters. The average Bonchev–Trinajstić information content (AvgIpc) is 3.65. The third-order valence-corrected chi connectivity index (χ3v) is 5.42. The van der Waals surface area contributed by atoms with Crippen LogP contribution in [0.15, 0.2) is 107 Å². The summed E-state index contributed by atoms with van der Waals surface area (Å²) >= 11 is 0. The normalized spacial score (nSPS) is 11.1. The molecular weight excluding hydrogens is 472 g/mol. The van der Waals surface area contributed by atoms with Crippen molar-refractivity contribution in [2.24, 2.45) is 0 Å². The van der Waals surface area contributed by atoms with Crippen LogP contribution >= 0.6 is 0 Å². The van der Waals surface area contributed by atoms with Gasteiger partial charge >= 0.3 is 0 Å². The van der Waals surface area contributed by atoms with Crippen molar-refractivity contribution in [3.05, 3.63) is 120 Å². The van der Waals surface area contributed by atoms with Gasteiger partial charge in [0.2, 0.25) is 11.6 Å². The van der Waals surface area contributed by atoms with Gasteiger partial charge in [0.25, 0.3) is 0 Å². The van der Waals surface area contributed by atoms with Crippen molar-refractivity contribution in [3.8, 4) is 11.5 Å². The van der Waals surface area contributed by atoms with E-state index in [-0.39, 0.29) is 23.1 Å². The highest BCUT2D eigenvalue weighted by Gasteiger charge is 2.09. The molecule has 0 bridgehead atoms. The number of hydrogen-bond acceptors (Lipinski definition) is 8. The van der Waals surface area contributed by atoms with E-state index in [0.717, 1.165) is 22.5 Å². The lowest BCUT2D eigenvalue weighted by Gasteiger charge is -2.13. The molecule has 0 aliphatic heterocycles. The van der Waals surface area contributed by atoms with Gasteiger partial charge in [-0.25, -0.2) is 0 Å². The standard InChI is InChI=1S/C29H26N2O6/c1-34-28-18-20(7-9-22(28)30-13-11-24(32)26-5-3-15-36-26)17-21-8-10-23(29(19-21)35-2)31-14-12-25(33)27-6-4-16-37-27/h3-16,18-19,30-31H,17H2,1-2H3/b13-11+,14-12+. The van der Waals surface area contributed by atoms with Crippen molar-refractivity contribution in [3.63, 3.8) is 0 Å². The molecule has 2 N–H and O–H groups in total. The van der Waals surface area contributed by atoms with Crippen molar-refractivity contribution < 1.29 is 27.9 Å². The minimum Gasteiger partial charge on any atom is -0.495 e. The number of furan rings is 2. The van der Waals surface area contributed by atoms with E-state index < -0.39 is 0 Å². The van der Waals surface area contributed by atoms with Crippen molar-refractivity contribution >= 4 is 22.9 Å². The Kier molecular flexibility index (Phi) is 8.23. The first kappa shape index (κ1) is 25.1. The Morgan fingerprint density at radius 1 is 0.730 bits per heavy atom. The summed E-state index contributed by atoms with van der Waals surface area (Å²) in [5, 5.41) is 6.16. The second-order valence-corrected chi connectivity index (χ2v) is 7.88. The molecule has 0 fully saturated rings. The van der Waals surface area contributed by atoms with Crippen LogP contribution in [0, 0.1) is 0 Å². The van der Waals surface area contributed by atoms with Gasteiger partial charge in [-0.05, 0) is 66.1 Å². The van der Waals surface area contributed by atoms with E-state index in [0.29, 0.717) is 17.9 Å². The minimum absolute atomic E-state index is 0.236. The van der Waals surface area contributed by atoms with Crippen LogP contribution < -0.4 is 20.1 Å². The third kappa shape index (κ3) is 6.58. The van der Waals surface area contributed by atoms with Crippen LogP contribution in [0.2, 0.25) is 0 Å². The van der Waals surface area contributed by atoms with Gasteiger partial charge in [0.1, 0.15) is 11.5 Å². The van der Waals surface area contributed by atoms with Crippen LogP contribution in [-0.2, 0) is 6.42 Å². The second kappa shape index (κ2) is 12.1. The first-order valence-corrected chi connectivity index (χ1v) is 11.4. The van der Waals surface area contributed by atoms with E-state index in [2.05, 4.69) is 10.6 Å². The number of carbonyl (C=O) groups is 2. The molecule has 4 rings (SSSR count). The van der Waals surface area contributed by atoms with E-state index in [1.54, 1.807) is 50.9 Å². The van der Waals surface area contributed by atoms with E-state index in [1.165, 1.54) is 24.7 Å². The smallest absolute Gasteiger partial charge is 0.222 e. The lowest BCUT2D eigenvalue weighted by Crippen LogP contribution is -1.99. The van der Waals surface area contributed by atoms with Gasteiger partial charge < -0.3 is 28.9 Å². The van der Waals surface area contributed by atoms with Gasteiger partial charge in [-0.2, -0.15) is 0 Å². The quantitative estimate of drug-likeness (QED) is 0.178. The molecule has 0 aliphatic carbocycles. The number of nitrogens with one attached hydrogen (secondary N) is 2. The topological polar surface area (TPSA) is 103 Å². The Morgan fingerprint density at radius 3 is 1.57 bits per heavy atom. The fourth-order valence-electron chi connectivity index (χ4n) is 3.58. The summed E-state index contributed by atoms with van der Waals surface area (Å²) in [5.41, 5.74) is 3.51. The van der Waals surface area contributed by atoms with Crippen LogP contribution in [-0.4, -0.2) is 25.8 Å². The Hall–Kier alpha value is -4.98. The molecule has 8 heteroatoms. The molecule has 188 valence electrons. The Balaban J connectivity index is 1.40. The predicted molar refractivity (Wildman–Crippen MR) is 140 cm³/mol. The fraction of sp³-hybridized carbons (Fsp3) is 0.103. The molecule has 0 amide bonds. The fourth-order valence-corrected chi connectivity index (χ4v) is 3.58. The highest BCUT2D eigenvalue weighted by molar-refractivity contribution is 6.03. The molecule has 8 nitrogen and oxygen atoms in total. The molecule has 0 spiro atoms. The van der Waals surface area contributed by atoms with Gasteiger partial charge in [-0.1, -0.05) is 12.1 Å². The molecule has 0 saturated heterocycles. The van der Waals surface area contributed by atoms with Crippen molar-refractivity contribution in [1.29, 1.82) is 0 Å². The summed E-state index contributed by atoms with van der Waals surface area (Å²) in [6.45, 7) is 0. The number of ether oxygens (including phenoxy) is 2. The molecule has 0 radical (unpaired) electrons. The SMILES string of the molecule is COc1cc(Cc2ccc(N/C=C/C(=O)c3ccco3)c(OC)c2)ccc1N/C=C/C(=O)c1ccco1. The summed E-state index contributed by atoms with van der Waals surface area (Å²) < 4.78 is 21.3. The predicted octanol–water partition coefficient (Wildman–Crippen LogP) is 6.10. The first-order chi connectivity index (χ1) is 18.1. The number of benzene rings is 2. The highest BCUT2D eigenvalue weighted by atomic mass is 16.5. The third-order valence-electron chi connectivity index (χ3n) is 5.42. The first-order valence-electron chi connectivity index (χ1n) is 11.4. The molecule has 2 aromatic heterocycles. The Labute approximate surface area is 214 Å². The molecular formula is C29H26N2O6. The summed E-state index contributed by atoms with van der Waals surface area (Å²) in [6.07, 6.45) is 9.46. The van der Waals surface area contributed by atoms with Crippen LogP contribution in [0.5, 0.6) is 11.5 Å². The summed E-state index contributed by atoms with van der Waals surface area (Å²) in [7, 11) is 3.19. The largest absolute Gasteiger partial charge is 0.495 e. The average molecular weight is 499 g/mol. The molecule has 2 aromatic carbocycles. The lowest BCUT2D eigenvalue weighted by molar-refractivity contribution is 0.101. The van der Waals surface area contributed by atoms with Gasteiger partial charge in [0, 0.05) is 24.6 Å². The molecule has 0 aliphatic rings. The Bertz CT molecular complexity index is 1290. The highest BCUT2D eigenvalue weighted by Crippen LogP contribution is 2.30. The number of hydrogen-bond donors (Lipinski definition) is 2. The lowest BCUT2D eigenvalue weighted by atomic mass is 10.0. The van der Waals surface area contributed by atoms with Crippen LogP contribution in [0.25, 0.3) is 0 Å². The van der Waals surface area contributed by atoms with Gasteiger partial charge in [-0.3, -0.25) is 9.59 Å². The van der Waals surface area contributed by atoms with Gasteiger partial charge in [0.05, 0.1) is 38.1 Å². The monoisotopic (exact) mass is 498 g/mol. The van der Waals surface area contributed by atoms with E-state index in [9.17, 15) is 9.59 Å². The van der Waals surface area contributed by atoms with Crippen molar-refractivity contribution in [2.75, 3.05) is 24.9 Å². The zero-order valence-corrected chi connectivity index (χ0v) is 20.4. The summed E-state index contributed by atoms with van der Waals surface area (Å²) in [4.78, 5) is 24.1. The van der Waals surface area contributed by atoms with Crippen LogP contribution in [0.1, 0.15) is 32.2 Å². The van der Waals surface area contributed by atoms with Crippen molar-refractivity contribution in [2.45, 2.75) is 6.42 Å². The maximum Gasteiger partial charge on any atom is 0.222 e. The number of anilines is 2.